The van der Waals surface area contributed by atoms with Gasteiger partial charge in [-0.3, -0.25) is 9.59 Å². The van der Waals surface area contributed by atoms with Gasteiger partial charge in [0.05, 0.1) is 0 Å². The van der Waals surface area contributed by atoms with Gasteiger partial charge in [0.25, 0.3) is 0 Å². The van der Waals surface area contributed by atoms with E-state index >= 15 is 0 Å². The summed E-state index contributed by atoms with van der Waals surface area (Å²) < 4.78 is 0. The lowest BCUT2D eigenvalue weighted by molar-refractivity contribution is -0.137. The van der Waals surface area contributed by atoms with E-state index in [0.717, 1.165) is 0 Å². The van der Waals surface area contributed by atoms with Crippen molar-refractivity contribution in [2.45, 2.75) is 59.0 Å². The smallest absolute Gasteiger partial charge is 0.242 e. The van der Waals surface area contributed by atoms with E-state index in [1.54, 1.807) is 6.92 Å². The zero-order valence-corrected chi connectivity index (χ0v) is 13.4. The summed E-state index contributed by atoms with van der Waals surface area (Å²) in [7, 11) is 0. The highest BCUT2D eigenvalue weighted by Crippen LogP contribution is 2.45. The summed E-state index contributed by atoms with van der Waals surface area (Å²) in [4.78, 5) is 24.4. The molecule has 0 aromatic carbocycles. The minimum Gasteiger partial charge on any atom is -0.409 e. The molecule has 1 saturated carbocycles. The van der Waals surface area contributed by atoms with Crippen LogP contribution in [-0.4, -0.2) is 34.4 Å². The fourth-order valence-electron chi connectivity index (χ4n) is 2.61. The van der Waals surface area contributed by atoms with Gasteiger partial charge in [-0.15, -0.1) is 0 Å². The molecular formula is C14H26N4O3. The average Bonchev–Trinajstić information content (AvgIpc) is 2.31. The molecule has 1 fully saturated rings. The third-order valence-corrected chi connectivity index (χ3v) is 3.67. The Morgan fingerprint density at radius 3 is 2.29 bits per heavy atom. The highest BCUT2D eigenvalue weighted by Gasteiger charge is 2.52. The first-order chi connectivity index (χ1) is 9.51. The molecule has 0 aromatic rings. The van der Waals surface area contributed by atoms with Crippen molar-refractivity contribution in [3.8, 4) is 0 Å². The van der Waals surface area contributed by atoms with Crippen molar-refractivity contribution in [3.05, 3.63) is 0 Å². The van der Waals surface area contributed by atoms with Gasteiger partial charge in [0, 0.05) is 5.54 Å². The van der Waals surface area contributed by atoms with E-state index in [4.69, 9.17) is 10.9 Å². The Morgan fingerprint density at radius 2 is 1.90 bits per heavy atom. The van der Waals surface area contributed by atoms with Gasteiger partial charge in [0.2, 0.25) is 11.8 Å². The van der Waals surface area contributed by atoms with Crippen LogP contribution in [0.2, 0.25) is 0 Å². The van der Waals surface area contributed by atoms with Crippen LogP contribution in [0.4, 0.5) is 0 Å². The molecule has 0 bridgehead atoms. The van der Waals surface area contributed by atoms with E-state index in [9.17, 15) is 9.59 Å². The van der Waals surface area contributed by atoms with Crippen LogP contribution >= 0.6 is 0 Å². The summed E-state index contributed by atoms with van der Waals surface area (Å²) in [5.41, 5.74) is 4.30. The van der Waals surface area contributed by atoms with Crippen LogP contribution in [-0.2, 0) is 9.59 Å². The van der Waals surface area contributed by atoms with Gasteiger partial charge in [-0.1, -0.05) is 12.1 Å². The number of hydrogen-bond acceptors (Lipinski definition) is 4. The number of rotatable bonds is 4. The zero-order valence-electron chi connectivity index (χ0n) is 13.4. The van der Waals surface area contributed by atoms with Gasteiger partial charge in [0.1, 0.15) is 11.5 Å². The summed E-state index contributed by atoms with van der Waals surface area (Å²) in [6.45, 7) is 9.20. The molecule has 0 saturated heterocycles. The predicted molar refractivity (Wildman–Crippen MR) is 79.7 cm³/mol. The van der Waals surface area contributed by atoms with E-state index in [1.807, 2.05) is 27.7 Å². The first-order valence-corrected chi connectivity index (χ1v) is 7.13. The van der Waals surface area contributed by atoms with Crippen molar-refractivity contribution in [2.75, 3.05) is 0 Å². The Morgan fingerprint density at radius 1 is 1.38 bits per heavy atom. The minimum atomic E-state index is -0.996. The number of hydrogen-bond donors (Lipinski definition) is 4. The molecule has 0 spiro atoms. The monoisotopic (exact) mass is 298 g/mol. The highest BCUT2D eigenvalue weighted by molar-refractivity contribution is 6.08. The summed E-state index contributed by atoms with van der Waals surface area (Å²) in [6.07, 6.45) is 1.03. The summed E-state index contributed by atoms with van der Waals surface area (Å²) >= 11 is 0. The molecule has 1 unspecified atom stereocenters. The molecule has 0 aliphatic heterocycles. The molecular weight excluding hydrogens is 272 g/mol. The van der Waals surface area contributed by atoms with Crippen LogP contribution in [0.1, 0.15) is 47.5 Å². The van der Waals surface area contributed by atoms with Crippen LogP contribution < -0.4 is 16.4 Å². The van der Waals surface area contributed by atoms with Crippen molar-refractivity contribution in [2.24, 2.45) is 22.2 Å². The molecule has 1 rings (SSSR count). The second kappa shape index (κ2) is 5.91. The van der Waals surface area contributed by atoms with Gasteiger partial charge in [-0.05, 0) is 46.5 Å². The predicted octanol–water partition coefficient (Wildman–Crippen LogP) is 0.569. The second-order valence-corrected chi connectivity index (χ2v) is 7.02. The molecule has 1 atom stereocenters. The van der Waals surface area contributed by atoms with E-state index in [1.165, 1.54) is 0 Å². The van der Waals surface area contributed by atoms with Crippen LogP contribution in [0.3, 0.4) is 0 Å². The van der Waals surface area contributed by atoms with Gasteiger partial charge in [-0.2, -0.15) is 0 Å². The number of amides is 2. The van der Waals surface area contributed by atoms with Crippen molar-refractivity contribution in [1.82, 2.24) is 10.6 Å². The van der Waals surface area contributed by atoms with E-state index in [0.29, 0.717) is 18.8 Å². The van der Waals surface area contributed by atoms with Gasteiger partial charge >= 0.3 is 0 Å². The Bertz CT molecular complexity index is 448. The fourth-order valence-corrected chi connectivity index (χ4v) is 2.61. The third kappa shape index (κ3) is 3.86. The van der Waals surface area contributed by atoms with E-state index < -0.39 is 11.5 Å². The van der Waals surface area contributed by atoms with Crippen LogP contribution in [0.15, 0.2) is 5.16 Å². The quantitative estimate of drug-likeness (QED) is 0.263. The zero-order chi connectivity index (χ0) is 16.4. The van der Waals surface area contributed by atoms with Gasteiger partial charge in [-0.25, -0.2) is 0 Å². The summed E-state index contributed by atoms with van der Waals surface area (Å²) in [5, 5.41) is 17.3. The maximum absolute atomic E-state index is 12.4. The molecule has 2 amide bonds. The minimum absolute atomic E-state index is 0.0958. The van der Waals surface area contributed by atoms with Crippen LogP contribution in [0.25, 0.3) is 0 Å². The molecule has 5 N–H and O–H groups in total. The number of amidine groups is 1. The Kier molecular flexibility index (Phi) is 4.86. The molecule has 1 aliphatic rings. The van der Waals surface area contributed by atoms with Crippen molar-refractivity contribution in [3.63, 3.8) is 0 Å². The molecule has 0 radical (unpaired) electrons. The SMILES string of the molecule is CC1CC(C(=O)NC(C)C(=O)NC(C)(C)C)(C(N)=NO)C1. The number of nitrogens with two attached hydrogens (primary N) is 1. The molecule has 21 heavy (non-hydrogen) atoms. The fraction of sp³-hybridized carbons (Fsp3) is 0.786. The van der Waals surface area contributed by atoms with Crippen molar-refractivity contribution < 1.29 is 14.8 Å². The molecule has 7 heteroatoms. The number of carbonyl (C=O) groups is 2. The van der Waals surface area contributed by atoms with Crippen molar-refractivity contribution >= 4 is 17.6 Å². The van der Waals surface area contributed by atoms with Gasteiger partial charge in [0.15, 0.2) is 5.84 Å². The lowest BCUT2D eigenvalue weighted by Gasteiger charge is -2.44. The maximum Gasteiger partial charge on any atom is 0.242 e. The normalized spacial score (nSPS) is 27.5. The van der Waals surface area contributed by atoms with Crippen LogP contribution in [0.5, 0.6) is 0 Å². The van der Waals surface area contributed by atoms with Crippen molar-refractivity contribution in [1.29, 1.82) is 0 Å². The number of carbonyl (C=O) groups excluding carboxylic acids is 2. The Labute approximate surface area is 125 Å². The first-order valence-electron chi connectivity index (χ1n) is 7.13. The van der Waals surface area contributed by atoms with Crippen LogP contribution in [0, 0.1) is 11.3 Å². The maximum atomic E-state index is 12.4. The average molecular weight is 298 g/mol. The molecule has 1 aliphatic carbocycles. The number of nitrogens with zero attached hydrogens (tertiary/aromatic N) is 1. The first kappa shape index (κ1) is 17.3. The second-order valence-electron chi connectivity index (χ2n) is 7.02. The number of nitrogens with one attached hydrogen (secondary N) is 2. The highest BCUT2D eigenvalue weighted by atomic mass is 16.4. The standard InChI is InChI=1S/C14H26N4O3/c1-8-6-14(7-8,11(15)18-21)12(20)16-9(2)10(19)17-13(3,4)5/h8-9,21H,6-7H2,1-5H3,(H2,15,18)(H,16,20)(H,17,19). The Hall–Kier alpha value is -1.79. The molecule has 0 heterocycles. The summed E-state index contributed by atoms with van der Waals surface area (Å²) in [6, 6.07) is -0.684. The lowest BCUT2D eigenvalue weighted by Crippen LogP contribution is -2.60. The lowest BCUT2D eigenvalue weighted by atomic mass is 9.61. The molecule has 120 valence electrons. The molecule has 0 aromatic heterocycles. The third-order valence-electron chi connectivity index (χ3n) is 3.67. The summed E-state index contributed by atoms with van der Waals surface area (Å²) in [5.74, 6) is -0.401. The van der Waals surface area contributed by atoms with E-state index in [2.05, 4.69) is 15.8 Å². The largest absolute Gasteiger partial charge is 0.409 e. The number of oxime groups is 1. The Balaban J connectivity index is 2.73. The van der Waals surface area contributed by atoms with Gasteiger partial charge < -0.3 is 21.6 Å². The van der Waals surface area contributed by atoms with E-state index in [-0.39, 0.29) is 23.2 Å². The molecule has 7 nitrogen and oxygen atoms in total. The topological polar surface area (TPSA) is 117 Å².